The minimum absolute atomic E-state index is 0.148. The number of esters is 3. The molecule has 0 bridgehead atoms. The highest BCUT2D eigenvalue weighted by atomic mass is 35.5. The third-order valence-electron chi connectivity index (χ3n) is 4.15. The average molecular weight is 505 g/mol. The standard InChI is InChI=1S/C21H22Cl2O8S/c1-5-8-27-19-18(29-12(3)25)17(10-28-11(2)24)31-21(20(19)30-13(4)26)32-14-6-7-15(22)16(23)9-14/h1,6-7,9,17-21H,8,10H2,2-4H3/t17-,18+,19+,20-,21?/m1/s1. The molecule has 2 rings (SSSR count). The Labute approximate surface area is 200 Å². The van der Waals surface area contributed by atoms with Crippen molar-refractivity contribution >= 4 is 52.9 Å². The number of hydrogen-bond donors (Lipinski definition) is 0. The van der Waals surface area contributed by atoms with Crippen LogP contribution in [0.3, 0.4) is 0 Å². The molecule has 5 atom stereocenters. The fraction of sp³-hybridized carbons (Fsp3) is 0.476. The number of carbonyl (C=O) groups excluding carboxylic acids is 3. The Bertz CT molecular complexity index is 887. The van der Waals surface area contributed by atoms with Crippen LogP contribution in [0.1, 0.15) is 20.8 Å². The second-order valence-corrected chi connectivity index (χ2v) is 8.65. The first-order valence-corrected chi connectivity index (χ1v) is 11.1. The van der Waals surface area contributed by atoms with E-state index >= 15 is 0 Å². The van der Waals surface area contributed by atoms with Gasteiger partial charge in [-0.15, -0.1) is 6.42 Å². The molecule has 1 aromatic rings. The Morgan fingerprint density at radius 1 is 1.03 bits per heavy atom. The van der Waals surface area contributed by atoms with Crippen molar-refractivity contribution in [2.75, 3.05) is 13.2 Å². The lowest BCUT2D eigenvalue weighted by atomic mass is 9.99. The summed E-state index contributed by atoms with van der Waals surface area (Å²) in [6.07, 6.45) is 1.35. The van der Waals surface area contributed by atoms with Crippen LogP contribution in [0, 0.1) is 12.3 Å². The SMILES string of the molecule is C#CCO[C@H]1[C@@H](OC(C)=O)[C@@H](COC(C)=O)OC(Sc2ccc(Cl)c(Cl)c2)[C@@H]1OC(C)=O. The van der Waals surface area contributed by atoms with Gasteiger partial charge in [0.25, 0.3) is 0 Å². The summed E-state index contributed by atoms with van der Waals surface area (Å²) in [6, 6.07) is 4.95. The fourth-order valence-corrected chi connectivity index (χ4v) is 4.48. The molecule has 0 spiro atoms. The minimum atomic E-state index is -1.06. The van der Waals surface area contributed by atoms with Gasteiger partial charge in [-0.05, 0) is 18.2 Å². The highest BCUT2D eigenvalue weighted by Crippen LogP contribution is 2.39. The molecule has 0 amide bonds. The van der Waals surface area contributed by atoms with Crippen LogP contribution in [-0.4, -0.2) is 61.0 Å². The molecule has 1 aromatic carbocycles. The number of thioether (sulfide) groups is 1. The van der Waals surface area contributed by atoms with E-state index in [9.17, 15) is 14.4 Å². The van der Waals surface area contributed by atoms with Crippen molar-refractivity contribution in [3.63, 3.8) is 0 Å². The van der Waals surface area contributed by atoms with Crippen molar-refractivity contribution in [3.8, 4) is 12.3 Å². The van der Waals surface area contributed by atoms with E-state index in [2.05, 4.69) is 5.92 Å². The van der Waals surface area contributed by atoms with E-state index in [-0.39, 0.29) is 13.2 Å². The summed E-state index contributed by atoms with van der Waals surface area (Å²) in [5, 5.41) is 0.695. The summed E-state index contributed by atoms with van der Waals surface area (Å²) >= 11 is 13.3. The van der Waals surface area contributed by atoms with Crippen molar-refractivity contribution in [1.29, 1.82) is 0 Å². The van der Waals surface area contributed by atoms with Crippen LogP contribution in [0.15, 0.2) is 23.1 Å². The van der Waals surface area contributed by atoms with Crippen LogP contribution in [0.5, 0.6) is 0 Å². The van der Waals surface area contributed by atoms with Gasteiger partial charge in [0.15, 0.2) is 12.2 Å². The predicted octanol–water partition coefficient (Wildman–Crippen LogP) is 3.26. The van der Waals surface area contributed by atoms with E-state index in [4.69, 9.17) is 53.3 Å². The highest BCUT2D eigenvalue weighted by Gasteiger charge is 2.51. The number of rotatable bonds is 8. The molecule has 174 valence electrons. The first kappa shape index (κ1) is 26.3. The number of terminal acetylenes is 1. The minimum Gasteiger partial charge on any atom is -0.463 e. The molecule has 1 unspecified atom stereocenters. The second kappa shape index (κ2) is 12.3. The fourth-order valence-electron chi connectivity index (χ4n) is 2.98. The largest absolute Gasteiger partial charge is 0.463 e. The summed E-state index contributed by atoms with van der Waals surface area (Å²) in [5.74, 6) is 0.558. The van der Waals surface area contributed by atoms with E-state index in [1.807, 2.05) is 0 Å². The van der Waals surface area contributed by atoms with Crippen molar-refractivity contribution in [2.24, 2.45) is 0 Å². The Kier molecular flexibility index (Phi) is 10.1. The van der Waals surface area contributed by atoms with E-state index in [1.165, 1.54) is 32.5 Å². The first-order valence-electron chi connectivity index (χ1n) is 9.42. The molecular weight excluding hydrogens is 483 g/mol. The van der Waals surface area contributed by atoms with Crippen LogP contribution in [-0.2, 0) is 38.1 Å². The Morgan fingerprint density at radius 3 is 2.25 bits per heavy atom. The molecule has 1 aliphatic rings. The van der Waals surface area contributed by atoms with Crippen LogP contribution in [0.4, 0.5) is 0 Å². The van der Waals surface area contributed by atoms with Gasteiger partial charge in [-0.3, -0.25) is 14.4 Å². The number of carbonyl (C=O) groups is 3. The molecule has 1 aliphatic heterocycles. The van der Waals surface area contributed by atoms with Crippen molar-refractivity contribution < 1.29 is 38.1 Å². The lowest BCUT2D eigenvalue weighted by molar-refractivity contribution is -0.237. The molecule has 1 saturated heterocycles. The van der Waals surface area contributed by atoms with E-state index in [1.54, 1.807) is 18.2 Å². The van der Waals surface area contributed by atoms with Crippen molar-refractivity contribution in [2.45, 2.75) is 55.5 Å². The predicted molar refractivity (Wildman–Crippen MR) is 117 cm³/mol. The summed E-state index contributed by atoms with van der Waals surface area (Å²) in [6.45, 7) is 3.29. The molecular formula is C21H22Cl2O8S. The molecule has 0 aliphatic carbocycles. The summed E-state index contributed by atoms with van der Waals surface area (Å²) in [5.41, 5.74) is -0.841. The maximum Gasteiger partial charge on any atom is 0.303 e. The molecule has 32 heavy (non-hydrogen) atoms. The van der Waals surface area contributed by atoms with Gasteiger partial charge in [0.05, 0.1) is 10.0 Å². The molecule has 11 heteroatoms. The molecule has 0 radical (unpaired) electrons. The van der Waals surface area contributed by atoms with Crippen LogP contribution < -0.4 is 0 Å². The maximum atomic E-state index is 11.9. The Hall–Kier alpha value is -1.96. The molecule has 0 saturated carbocycles. The van der Waals surface area contributed by atoms with Gasteiger partial charge in [0.1, 0.15) is 30.9 Å². The lowest BCUT2D eigenvalue weighted by Gasteiger charge is -2.44. The van der Waals surface area contributed by atoms with Gasteiger partial charge in [0.2, 0.25) is 0 Å². The van der Waals surface area contributed by atoms with Crippen LogP contribution >= 0.6 is 35.0 Å². The van der Waals surface area contributed by atoms with Gasteiger partial charge < -0.3 is 23.7 Å². The number of benzene rings is 1. The third-order valence-corrected chi connectivity index (χ3v) is 6.03. The van der Waals surface area contributed by atoms with E-state index in [0.717, 1.165) is 0 Å². The summed E-state index contributed by atoms with van der Waals surface area (Å²) < 4.78 is 27.8. The Morgan fingerprint density at radius 2 is 1.69 bits per heavy atom. The highest BCUT2D eigenvalue weighted by molar-refractivity contribution is 7.99. The van der Waals surface area contributed by atoms with Crippen LogP contribution in [0.2, 0.25) is 10.0 Å². The molecule has 1 fully saturated rings. The monoisotopic (exact) mass is 504 g/mol. The first-order chi connectivity index (χ1) is 15.1. The van der Waals surface area contributed by atoms with Crippen molar-refractivity contribution in [3.05, 3.63) is 28.2 Å². The second-order valence-electron chi connectivity index (χ2n) is 6.67. The van der Waals surface area contributed by atoms with Gasteiger partial charge in [0, 0.05) is 25.7 Å². The van der Waals surface area contributed by atoms with Gasteiger partial charge in [-0.1, -0.05) is 40.9 Å². The molecule has 0 aromatic heterocycles. The Balaban J connectivity index is 2.43. The van der Waals surface area contributed by atoms with Crippen LogP contribution in [0.25, 0.3) is 0 Å². The van der Waals surface area contributed by atoms with Gasteiger partial charge in [-0.25, -0.2) is 0 Å². The third kappa shape index (κ3) is 7.57. The molecule has 0 N–H and O–H groups in total. The summed E-state index contributed by atoms with van der Waals surface area (Å²) in [7, 11) is 0. The van der Waals surface area contributed by atoms with E-state index < -0.39 is 47.8 Å². The quantitative estimate of drug-likeness (QED) is 0.300. The van der Waals surface area contributed by atoms with Gasteiger partial charge >= 0.3 is 17.9 Å². The average Bonchev–Trinajstić information content (AvgIpc) is 2.70. The normalized spacial score (nSPS) is 24.8. The number of halogens is 2. The smallest absolute Gasteiger partial charge is 0.303 e. The topological polar surface area (TPSA) is 97.4 Å². The lowest BCUT2D eigenvalue weighted by Crippen LogP contribution is -2.61. The number of ether oxygens (including phenoxy) is 5. The summed E-state index contributed by atoms with van der Waals surface area (Å²) in [4.78, 5) is 35.7. The maximum absolute atomic E-state index is 11.9. The zero-order valence-corrected chi connectivity index (χ0v) is 19.9. The van der Waals surface area contributed by atoms with Gasteiger partial charge in [-0.2, -0.15) is 0 Å². The molecule has 1 heterocycles. The van der Waals surface area contributed by atoms with E-state index in [0.29, 0.717) is 14.9 Å². The molecule has 8 nitrogen and oxygen atoms in total. The zero-order valence-electron chi connectivity index (χ0n) is 17.5. The van der Waals surface area contributed by atoms with Crippen molar-refractivity contribution in [1.82, 2.24) is 0 Å². The zero-order chi connectivity index (χ0) is 23.8. The number of hydrogen-bond acceptors (Lipinski definition) is 9.